The molecule has 2 amide bonds. The number of thiophene rings is 1. The zero-order chi connectivity index (χ0) is 15.9. The first-order chi connectivity index (χ1) is 10.6. The third-order valence-electron chi connectivity index (χ3n) is 3.42. The van der Waals surface area contributed by atoms with Crippen LogP contribution >= 0.6 is 11.3 Å². The summed E-state index contributed by atoms with van der Waals surface area (Å²) in [6, 6.07) is 9.89. The van der Waals surface area contributed by atoms with Crippen LogP contribution < -0.4 is 10.1 Å². The van der Waals surface area contributed by atoms with Crippen LogP contribution in [0.4, 0.5) is 4.79 Å². The lowest BCUT2D eigenvalue weighted by molar-refractivity contribution is 0.203. The van der Waals surface area contributed by atoms with E-state index in [1.165, 1.54) is 5.56 Å². The van der Waals surface area contributed by atoms with Gasteiger partial charge >= 0.3 is 6.03 Å². The molecular weight excluding hydrogens is 296 g/mol. The Bertz CT molecular complexity index is 581. The number of nitrogens with zero attached hydrogens (tertiary/aromatic N) is 1. The fourth-order valence-electron chi connectivity index (χ4n) is 2.21. The van der Waals surface area contributed by atoms with Gasteiger partial charge in [-0.25, -0.2) is 4.79 Å². The zero-order valence-electron chi connectivity index (χ0n) is 13.2. The quantitative estimate of drug-likeness (QED) is 0.885. The van der Waals surface area contributed by atoms with Crippen LogP contribution in [0.2, 0.25) is 0 Å². The van der Waals surface area contributed by atoms with Crippen molar-refractivity contribution in [2.45, 2.75) is 25.9 Å². The van der Waals surface area contributed by atoms with Crippen LogP contribution in [0.25, 0.3) is 0 Å². The summed E-state index contributed by atoms with van der Waals surface area (Å²) in [7, 11) is 3.44. The van der Waals surface area contributed by atoms with Crippen molar-refractivity contribution in [2.75, 3.05) is 14.2 Å². The molecule has 0 saturated heterocycles. The number of hydrogen-bond donors (Lipinski definition) is 1. The van der Waals surface area contributed by atoms with E-state index in [4.69, 9.17) is 4.74 Å². The highest BCUT2D eigenvalue weighted by Crippen LogP contribution is 2.13. The minimum absolute atomic E-state index is 0.0569. The van der Waals surface area contributed by atoms with E-state index in [0.29, 0.717) is 6.54 Å². The van der Waals surface area contributed by atoms with E-state index in [-0.39, 0.29) is 12.1 Å². The molecule has 1 heterocycles. The Morgan fingerprint density at radius 3 is 2.59 bits per heavy atom. The second-order valence-electron chi connectivity index (χ2n) is 5.39. The van der Waals surface area contributed by atoms with Gasteiger partial charge in [-0.2, -0.15) is 11.3 Å². The molecule has 0 spiro atoms. The summed E-state index contributed by atoms with van der Waals surface area (Å²) in [5, 5.41) is 7.20. The molecule has 5 heteroatoms. The monoisotopic (exact) mass is 318 g/mol. The van der Waals surface area contributed by atoms with E-state index in [2.05, 4.69) is 22.1 Å². The normalized spacial score (nSPS) is 11.8. The Balaban J connectivity index is 1.83. The van der Waals surface area contributed by atoms with E-state index in [1.54, 1.807) is 30.4 Å². The van der Waals surface area contributed by atoms with Crippen molar-refractivity contribution in [3.8, 4) is 5.75 Å². The summed E-state index contributed by atoms with van der Waals surface area (Å²) in [4.78, 5) is 13.9. The smallest absolute Gasteiger partial charge is 0.317 e. The van der Waals surface area contributed by atoms with E-state index in [0.717, 1.165) is 17.7 Å². The van der Waals surface area contributed by atoms with Gasteiger partial charge in [-0.3, -0.25) is 0 Å². The fraction of sp³-hybridized carbons (Fsp3) is 0.353. The van der Waals surface area contributed by atoms with Gasteiger partial charge in [-0.05, 0) is 53.4 Å². The van der Waals surface area contributed by atoms with Crippen LogP contribution in [0.1, 0.15) is 18.1 Å². The number of carbonyl (C=O) groups excluding carboxylic acids is 1. The Morgan fingerprint density at radius 1 is 1.27 bits per heavy atom. The van der Waals surface area contributed by atoms with Gasteiger partial charge in [0.1, 0.15) is 5.75 Å². The molecule has 4 nitrogen and oxygen atoms in total. The first kappa shape index (κ1) is 16.4. The topological polar surface area (TPSA) is 41.6 Å². The maximum Gasteiger partial charge on any atom is 0.317 e. The molecule has 0 fully saturated rings. The molecular formula is C17H22N2O2S. The van der Waals surface area contributed by atoms with E-state index < -0.39 is 0 Å². The summed E-state index contributed by atoms with van der Waals surface area (Å²) in [6.45, 7) is 2.60. The van der Waals surface area contributed by atoms with Gasteiger partial charge in [-0.1, -0.05) is 12.1 Å². The number of urea groups is 1. The van der Waals surface area contributed by atoms with Crippen molar-refractivity contribution in [1.29, 1.82) is 0 Å². The predicted octanol–water partition coefficient (Wildman–Crippen LogP) is 3.53. The Hall–Kier alpha value is -2.01. The Morgan fingerprint density at radius 2 is 2.00 bits per heavy atom. The number of benzene rings is 1. The standard InChI is InChI=1S/C17H22N2O2S/c1-13(10-15-8-9-22-12-15)18-17(20)19(2)11-14-4-6-16(21-3)7-5-14/h4-9,12-13H,10-11H2,1-3H3,(H,18,20)/t13-/m0/s1. The van der Waals surface area contributed by atoms with Gasteiger partial charge in [0.15, 0.2) is 0 Å². The molecule has 22 heavy (non-hydrogen) atoms. The average molecular weight is 318 g/mol. The maximum atomic E-state index is 12.2. The Labute approximate surface area is 135 Å². The van der Waals surface area contributed by atoms with Crippen LogP contribution in [-0.2, 0) is 13.0 Å². The third-order valence-corrected chi connectivity index (χ3v) is 4.15. The van der Waals surface area contributed by atoms with Gasteiger partial charge in [0.05, 0.1) is 7.11 Å². The predicted molar refractivity (Wildman–Crippen MR) is 90.5 cm³/mol. The molecule has 1 aromatic carbocycles. The number of nitrogens with one attached hydrogen (secondary N) is 1. The van der Waals surface area contributed by atoms with Crippen molar-refractivity contribution < 1.29 is 9.53 Å². The van der Waals surface area contributed by atoms with E-state index in [9.17, 15) is 4.79 Å². The minimum Gasteiger partial charge on any atom is -0.497 e. The number of methoxy groups -OCH3 is 1. The minimum atomic E-state index is -0.0569. The molecule has 1 aromatic heterocycles. The van der Waals surface area contributed by atoms with Crippen molar-refractivity contribution in [2.24, 2.45) is 0 Å². The number of hydrogen-bond acceptors (Lipinski definition) is 3. The summed E-state index contributed by atoms with van der Waals surface area (Å²) in [5.41, 5.74) is 2.33. The zero-order valence-corrected chi connectivity index (χ0v) is 14.0. The van der Waals surface area contributed by atoms with E-state index >= 15 is 0 Å². The summed E-state index contributed by atoms with van der Waals surface area (Å²) in [6.07, 6.45) is 0.853. The van der Waals surface area contributed by atoms with Crippen LogP contribution in [0, 0.1) is 0 Å². The van der Waals surface area contributed by atoms with Crippen molar-refractivity contribution in [3.05, 3.63) is 52.2 Å². The highest BCUT2D eigenvalue weighted by molar-refractivity contribution is 7.07. The molecule has 0 aliphatic rings. The fourth-order valence-corrected chi connectivity index (χ4v) is 2.89. The lowest BCUT2D eigenvalue weighted by atomic mass is 10.1. The molecule has 0 saturated carbocycles. The van der Waals surface area contributed by atoms with Gasteiger partial charge < -0.3 is 15.0 Å². The maximum absolute atomic E-state index is 12.2. The van der Waals surface area contributed by atoms with Crippen LogP contribution in [0.3, 0.4) is 0 Å². The van der Waals surface area contributed by atoms with Gasteiger partial charge in [0, 0.05) is 19.6 Å². The van der Waals surface area contributed by atoms with Crippen molar-refractivity contribution in [3.63, 3.8) is 0 Å². The number of rotatable bonds is 6. The largest absolute Gasteiger partial charge is 0.497 e. The van der Waals surface area contributed by atoms with Gasteiger partial charge in [0.2, 0.25) is 0 Å². The summed E-state index contributed by atoms with van der Waals surface area (Å²) >= 11 is 1.68. The SMILES string of the molecule is COc1ccc(CN(C)C(=O)N[C@@H](C)Cc2ccsc2)cc1. The number of carbonyl (C=O) groups is 1. The molecule has 118 valence electrons. The lowest BCUT2D eigenvalue weighted by Gasteiger charge is -2.21. The molecule has 2 aromatic rings. The third kappa shape index (κ3) is 4.77. The Kier molecular flexibility index (Phi) is 5.83. The molecule has 1 atom stereocenters. The highest BCUT2D eigenvalue weighted by atomic mass is 32.1. The first-order valence-corrected chi connectivity index (χ1v) is 8.18. The first-order valence-electron chi connectivity index (χ1n) is 7.24. The molecule has 2 rings (SSSR count). The van der Waals surface area contributed by atoms with Crippen LogP contribution in [0.15, 0.2) is 41.1 Å². The van der Waals surface area contributed by atoms with Crippen LogP contribution in [0.5, 0.6) is 5.75 Å². The second kappa shape index (κ2) is 7.84. The lowest BCUT2D eigenvalue weighted by Crippen LogP contribution is -2.42. The van der Waals surface area contributed by atoms with Crippen molar-refractivity contribution >= 4 is 17.4 Å². The summed E-state index contributed by atoms with van der Waals surface area (Å²) in [5.74, 6) is 0.820. The van der Waals surface area contributed by atoms with Gasteiger partial charge in [0.25, 0.3) is 0 Å². The van der Waals surface area contributed by atoms with Gasteiger partial charge in [-0.15, -0.1) is 0 Å². The number of amides is 2. The molecule has 0 aliphatic carbocycles. The molecule has 0 radical (unpaired) electrons. The second-order valence-corrected chi connectivity index (χ2v) is 6.17. The number of ether oxygens (including phenoxy) is 1. The average Bonchev–Trinajstić information content (AvgIpc) is 3.00. The molecule has 0 aliphatic heterocycles. The highest BCUT2D eigenvalue weighted by Gasteiger charge is 2.13. The van der Waals surface area contributed by atoms with Crippen molar-refractivity contribution in [1.82, 2.24) is 10.2 Å². The molecule has 0 bridgehead atoms. The van der Waals surface area contributed by atoms with E-state index in [1.807, 2.05) is 31.2 Å². The van der Waals surface area contributed by atoms with Crippen LogP contribution in [-0.4, -0.2) is 31.1 Å². The molecule has 1 N–H and O–H groups in total. The summed E-state index contributed by atoms with van der Waals surface area (Å²) < 4.78 is 5.13. The molecule has 0 unspecified atom stereocenters.